The molecule has 0 saturated carbocycles. The van der Waals surface area contributed by atoms with Gasteiger partial charge in [0.25, 0.3) is 0 Å². The Kier molecular flexibility index (Phi) is 7.83. The van der Waals surface area contributed by atoms with Crippen molar-refractivity contribution in [2.75, 3.05) is 6.16 Å². The molecule has 0 unspecified atom stereocenters. The summed E-state index contributed by atoms with van der Waals surface area (Å²) in [6, 6.07) is 0. The third kappa shape index (κ3) is 6.43. The lowest BCUT2D eigenvalue weighted by Crippen LogP contribution is -1.76. The van der Waals surface area contributed by atoms with Crippen molar-refractivity contribution in [2.24, 2.45) is 0 Å². The van der Waals surface area contributed by atoms with Gasteiger partial charge in [-0.3, -0.25) is 0 Å². The Bertz CT molecular complexity index is 29.4. The second-order valence-electron chi connectivity index (χ2n) is 2.16. The molecule has 0 saturated heterocycles. The van der Waals surface area contributed by atoms with Crippen molar-refractivity contribution in [1.29, 1.82) is 0 Å². The lowest BCUT2D eigenvalue weighted by Gasteiger charge is -1.93. The van der Waals surface area contributed by atoms with E-state index in [9.17, 15) is 0 Å². The first-order chi connectivity index (χ1) is 3.91. The molecule has 0 aliphatic heterocycles. The van der Waals surface area contributed by atoms with Crippen LogP contribution in [0, 0.1) is 0 Å². The Hall–Kier alpha value is 0.430. The van der Waals surface area contributed by atoms with Crippen LogP contribution in [0.1, 0.15) is 39.0 Å². The maximum atomic E-state index is 3.44. The van der Waals surface area contributed by atoms with Crippen LogP contribution in [0.5, 0.6) is 0 Å². The van der Waals surface area contributed by atoms with E-state index in [4.69, 9.17) is 0 Å². The largest absolute Gasteiger partial charge is 0.0992 e. The van der Waals surface area contributed by atoms with Gasteiger partial charge in [-0.2, -0.15) is 0 Å². The zero-order valence-electron chi connectivity index (χ0n) is 5.74. The van der Waals surface area contributed by atoms with E-state index < -0.39 is 0 Å². The molecule has 1 radical (unpaired) electrons. The number of hydrogen-bond donors (Lipinski definition) is 0. The lowest BCUT2D eigenvalue weighted by atomic mass is 10.2. The third-order valence-electron chi connectivity index (χ3n) is 1.28. The molecule has 0 heterocycles. The van der Waals surface area contributed by atoms with Crippen LogP contribution in [0.4, 0.5) is 0 Å². The molecule has 49 valence electrons. The van der Waals surface area contributed by atoms with E-state index in [1.165, 1.54) is 38.3 Å². The van der Waals surface area contributed by atoms with Crippen LogP contribution in [-0.2, 0) is 0 Å². The summed E-state index contributed by atoms with van der Waals surface area (Å²) >= 11 is 0. The summed E-state index contributed by atoms with van der Waals surface area (Å²) in [5.74, 6) is 0. The minimum Gasteiger partial charge on any atom is -0.0992 e. The van der Waals surface area contributed by atoms with Crippen molar-refractivity contribution in [2.45, 2.75) is 39.0 Å². The van der Waals surface area contributed by atoms with Crippen molar-refractivity contribution in [3.63, 3.8) is 0 Å². The SMILES string of the molecule is CCCCCCC[PH]. The Balaban J connectivity index is 2.53. The summed E-state index contributed by atoms with van der Waals surface area (Å²) in [6.45, 7) is 2.24. The van der Waals surface area contributed by atoms with Gasteiger partial charge in [0.2, 0.25) is 0 Å². The Labute approximate surface area is 55.3 Å². The quantitative estimate of drug-likeness (QED) is 0.397. The summed E-state index contributed by atoms with van der Waals surface area (Å²) in [4.78, 5) is 0. The van der Waals surface area contributed by atoms with E-state index in [-0.39, 0.29) is 0 Å². The first kappa shape index (κ1) is 8.43. The second-order valence-corrected chi connectivity index (χ2v) is 2.66. The molecule has 0 spiro atoms. The van der Waals surface area contributed by atoms with Crippen LogP contribution in [-0.4, -0.2) is 6.16 Å². The van der Waals surface area contributed by atoms with Gasteiger partial charge in [-0.1, -0.05) is 41.8 Å². The van der Waals surface area contributed by atoms with Crippen LogP contribution in [0.2, 0.25) is 0 Å². The predicted molar refractivity (Wildman–Crippen MR) is 41.9 cm³/mol. The van der Waals surface area contributed by atoms with Gasteiger partial charge in [-0.15, -0.1) is 0 Å². The van der Waals surface area contributed by atoms with Crippen molar-refractivity contribution < 1.29 is 0 Å². The molecule has 0 nitrogen and oxygen atoms in total. The van der Waals surface area contributed by atoms with Crippen LogP contribution in [0.3, 0.4) is 0 Å². The molecular weight excluding hydrogens is 115 g/mol. The van der Waals surface area contributed by atoms with Gasteiger partial charge in [-0.05, 0) is 12.6 Å². The summed E-state index contributed by atoms with van der Waals surface area (Å²) in [5.41, 5.74) is 0. The van der Waals surface area contributed by atoms with Gasteiger partial charge in [0, 0.05) is 0 Å². The molecular formula is C7H16P. The minimum atomic E-state index is 1.17. The van der Waals surface area contributed by atoms with E-state index >= 15 is 0 Å². The van der Waals surface area contributed by atoms with E-state index in [1.807, 2.05) is 0 Å². The van der Waals surface area contributed by atoms with Crippen LogP contribution in [0.25, 0.3) is 0 Å². The number of hydrogen-bond acceptors (Lipinski definition) is 0. The molecule has 0 aromatic carbocycles. The van der Waals surface area contributed by atoms with Crippen LogP contribution in [0.15, 0.2) is 0 Å². The van der Waals surface area contributed by atoms with E-state index in [1.54, 1.807) is 0 Å². The molecule has 0 aliphatic rings. The standard InChI is InChI=1S/C7H16P/c1-2-3-4-5-6-7-8/h8H,2-7H2,1H3. The maximum Gasteiger partial charge on any atom is -0.0317 e. The Morgan fingerprint density at radius 3 is 2.12 bits per heavy atom. The molecule has 0 rings (SSSR count). The molecule has 0 atom stereocenters. The predicted octanol–water partition coefficient (Wildman–Crippen LogP) is 3.10. The third-order valence-corrected chi connectivity index (χ3v) is 1.63. The molecule has 8 heavy (non-hydrogen) atoms. The normalized spacial score (nSPS) is 9.75. The highest BCUT2D eigenvalue weighted by Gasteiger charge is 1.83. The molecule has 0 amide bonds. The van der Waals surface area contributed by atoms with Crippen molar-refractivity contribution in [3.05, 3.63) is 0 Å². The molecule has 0 aliphatic carbocycles. The van der Waals surface area contributed by atoms with Gasteiger partial charge in [-0.25, -0.2) is 0 Å². The van der Waals surface area contributed by atoms with Crippen LogP contribution < -0.4 is 0 Å². The van der Waals surface area contributed by atoms with E-state index in [0.717, 1.165) is 0 Å². The number of unbranched alkanes of at least 4 members (excludes halogenated alkanes) is 4. The molecule has 0 N–H and O–H groups in total. The van der Waals surface area contributed by atoms with Crippen molar-refractivity contribution >= 4 is 9.24 Å². The van der Waals surface area contributed by atoms with E-state index in [2.05, 4.69) is 16.2 Å². The molecule has 0 aromatic rings. The second kappa shape index (κ2) is 7.43. The minimum absolute atomic E-state index is 1.17. The molecule has 0 bridgehead atoms. The van der Waals surface area contributed by atoms with Crippen molar-refractivity contribution in [1.82, 2.24) is 0 Å². The fourth-order valence-corrected chi connectivity index (χ4v) is 0.979. The van der Waals surface area contributed by atoms with Crippen molar-refractivity contribution in [3.8, 4) is 0 Å². The fraction of sp³-hybridized carbons (Fsp3) is 1.00. The zero-order chi connectivity index (χ0) is 6.24. The highest BCUT2D eigenvalue weighted by molar-refractivity contribution is 7.16. The van der Waals surface area contributed by atoms with E-state index in [0.29, 0.717) is 0 Å². The van der Waals surface area contributed by atoms with Gasteiger partial charge in [0.05, 0.1) is 0 Å². The monoisotopic (exact) mass is 131 g/mol. The summed E-state index contributed by atoms with van der Waals surface area (Å²) < 4.78 is 0. The average Bonchev–Trinajstić information content (AvgIpc) is 1.81. The lowest BCUT2D eigenvalue weighted by molar-refractivity contribution is 0.659. The fourth-order valence-electron chi connectivity index (χ4n) is 0.729. The average molecular weight is 131 g/mol. The molecule has 0 fully saturated rings. The van der Waals surface area contributed by atoms with Gasteiger partial charge < -0.3 is 0 Å². The first-order valence-corrected chi connectivity index (χ1v) is 4.27. The zero-order valence-corrected chi connectivity index (χ0v) is 6.74. The summed E-state index contributed by atoms with van der Waals surface area (Å²) in [5, 5.41) is 0. The molecule has 1 heteroatoms. The summed E-state index contributed by atoms with van der Waals surface area (Å²) in [6.07, 6.45) is 8.09. The van der Waals surface area contributed by atoms with Crippen LogP contribution >= 0.6 is 9.24 Å². The summed E-state index contributed by atoms with van der Waals surface area (Å²) in [7, 11) is 3.44. The Morgan fingerprint density at radius 1 is 1.00 bits per heavy atom. The highest BCUT2D eigenvalue weighted by Crippen LogP contribution is 2.03. The smallest absolute Gasteiger partial charge is 0.0317 e. The first-order valence-electron chi connectivity index (χ1n) is 3.56. The Morgan fingerprint density at radius 2 is 1.62 bits per heavy atom. The molecule has 0 aromatic heterocycles. The number of rotatable bonds is 5. The topological polar surface area (TPSA) is 0 Å². The van der Waals surface area contributed by atoms with Gasteiger partial charge in [0.15, 0.2) is 0 Å². The van der Waals surface area contributed by atoms with Gasteiger partial charge in [0.1, 0.15) is 0 Å². The van der Waals surface area contributed by atoms with Gasteiger partial charge >= 0.3 is 0 Å². The highest BCUT2D eigenvalue weighted by atomic mass is 31.0. The maximum absolute atomic E-state index is 3.44.